The van der Waals surface area contributed by atoms with Crippen LogP contribution in [0, 0.1) is 19.8 Å². The summed E-state index contributed by atoms with van der Waals surface area (Å²) < 4.78 is 17.1. The number of β-lactam (4-membered cyclic amide) rings is 1. The van der Waals surface area contributed by atoms with Crippen LogP contribution in [-0.2, 0) is 33.4 Å². The average Bonchev–Trinajstić information content (AvgIpc) is 3.12. The maximum atomic E-state index is 14.4. The Balaban J connectivity index is 1.56. The van der Waals surface area contributed by atoms with Crippen LogP contribution in [-0.4, -0.2) is 76.5 Å². The minimum absolute atomic E-state index is 0.00162. The molecule has 2 aliphatic rings. The molecule has 0 spiro atoms. The lowest BCUT2D eigenvalue weighted by Gasteiger charge is -2.52. The third kappa shape index (κ3) is 8.74. The third-order valence-corrected chi connectivity index (χ3v) is 10.9. The van der Waals surface area contributed by atoms with E-state index in [4.69, 9.17) is 14.2 Å². The Labute approximate surface area is 315 Å². The quantitative estimate of drug-likeness (QED) is 0.0878. The van der Waals surface area contributed by atoms with Gasteiger partial charge in [0.05, 0.1) is 19.1 Å². The number of aryl methyl sites for hydroxylation is 2. The number of fused-ring (bicyclic) bond motifs is 1. The number of ketones is 1. The molecule has 2 amide bonds. The van der Waals surface area contributed by atoms with Crippen molar-refractivity contribution in [3.05, 3.63) is 118 Å². The number of rotatable bonds is 14. The van der Waals surface area contributed by atoms with E-state index in [1.54, 1.807) is 58.0 Å². The van der Waals surface area contributed by atoms with E-state index in [1.165, 1.54) is 16.7 Å². The summed E-state index contributed by atoms with van der Waals surface area (Å²) >= 11 is 1.30. The number of amides is 2. The molecule has 1 fully saturated rings. The van der Waals surface area contributed by atoms with Gasteiger partial charge in [-0.3, -0.25) is 24.1 Å². The van der Waals surface area contributed by atoms with Crippen LogP contribution in [0.25, 0.3) is 0 Å². The highest BCUT2D eigenvalue weighted by molar-refractivity contribution is 8.00. The second kappa shape index (κ2) is 16.9. The summed E-state index contributed by atoms with van der Waals surface area (Å²) in [5.41, 5.74) is 3.34. The summed E-state index contributed by atoms with van der Waals surface area (Å²) in [5.74, 6) is -4.61. The highest BCUT2D eigenvalue weighted by Gasteiger charge is 2.57. The standard InChI is InChI=1S/C42H48N2O8S/c1-8-50-24-31-32(23-30(40(48)51-9-2)36(45)27-19-11-10-12-20-27)53-39-34(38(47)44(39)35(31)41(49)52-42(5,6)7)43-37(46)33(28-21-15-13-17-25(28)3)29-22-16-14-18-26(29)4/h10-22,30,32-34,39H,8-9,23-24H2,1-7H3,(H,43,46)/t30?,32?,34?,39-/m1/s1. The van der Waals surface area contributed by atoms with Gasteiger partial charge in [-0.25, -0.2) is 4.79 Å². The van der Waals surface area contributed by atoms with Crippen molar-refractivity contribution in [3.63, 3.8) is 0 Å². The fraction of sp³-hybridized carbons (Fsp3) is 0.405. The molecule has 2 heterocycles. The van der Waals surface area contributed by atoms with Crippen molar-refractivity contribution in [1.82, 2.24) is 10.2 Å². The van der Waals surface area contributed by atoms with Gasteiger partial charge in [0.25, 0.3) is 5.91 Å². The summed E-state index contributed by atoms with van der Waals surface area (Å²) in [6.07, 6.45) is -0.0415. The lowest BCUT2D eigenvalue weighted by molar-refractivity contribution is -0.159. The normalized spacial score (nSPS) is 18.9. The van der Waals surface area contributed by atoms with Crippen LogP contribution in [0.1, 0.15) is 79.6 Å². The lowest BCUT2D eigenvalue weighted by atomic mass is 9.85. The number of esters is 2. The fourth-order valence-electron chi connectivity index (χ4n) is 6.74. The van der Waals surface area contributed by atoms with Gasteiger partial charge in [0.1, 0.15) is 28.6 Å². The Kier molecular flexibility index (Phi) is 12.6. The van der Waals surface area contributed by atoms with Crippen LogP contribution in [0.3, 0.4) is 0 Å². The molecule has 5 rings (SSSR count). The summed E-state index contributed by atoms with van der Waals surface area (Å²) in [6, 6.07) is 22.8. The van der Waals surface area contributed by atoms with Crippen LogP contribution >= 0.6 is 11.8 Å². The van der Waals surface area contributed by atoms with E-state index in [0.29, 0.717) is 17.7 Å². The van der Waals surface area contributed by atoms with E-state index >= 15 is 0 Å². The summed E-state index contributed by atoms with van der Waals surface area (Å²) in [7, 11) is 0. The zero-order valence-electron chi connectivity index (χ0n) is 31.3. The van der Waals surface area contributed by atoms with Crippen LogP contribution in [0.5, 0.6) is 0 Å². The number of hydrogen-bond donors (Lipinski definition) is 1. The molecule has 3 aromatic rings. The first kappa shape index (κ1) is 39.5. The topological polar surface area (TPSA) is 128 Å². The Bertz CT molecular complexity index is 1840. The Morgan fingerprint density at radius 3 is 1.98 bits per heavy atom. The largest absolute Gasteiger partial charge is 0.465 e. The van der Waals surface area contributed by atoms with Crippen molar-refractivity contribution < 1.29 is 38.2 Å². The van der Waals surface area contributed by atoms with Gasteiger partial charge < -0.3 is 19.5 Å². The molecule has 2 aliphatic heterocycles. The van der Waals surface area contributed by atoms with Crippen LogP contribution in [0.4, 0.5) is 0 Å². The van der Waals surface area contributed by atoms with Crippen molar-refractivity contribution >= 4 is 41.3 Å². The monoisotopic (exact) mass is 740 g/mol. The molecule has 0 saturated carbocycles. The lowest BCUT2D eigenvalue weighted by Crippen LogP contribution is -2.71. The molecule has 4 atom stereocenters. The first-order valence-corrected chi connectivity index (χ1v) is 18.9. The van der Waals surface area contributed by atoms with Crippen LogP contribution in [0.2, 0.25) is 0 Å². The van der Waals surface area contributed by atoms with E-state index < -0.39 is 57.7 Å². The molecule has 3 unspecified atom stereocenters. The Hall–Kier alpha value is -4.74. The molecule has 0 aromatic heterocycles. The van der Waals surface area contributed by atoms with Crippen LogP contribution in [0.15, 0.2) is 90.1 Å². The Morgan fingerprint density at radius 2 is 1.43 bits per heavy atom. The van der Waals surface area contributed by atoms with Gasteiger partial charge in [0.15, 0.2) is 5.78 Å². The molecule has 1 N–H and O–H groups in total. The molecule has 11 heteroatoms. The SMILES string of the molecule is CCOCC1=C(C(=O)OC(C)(C)C)N2C(=O)C(NC(=O)C(c3ccccc3C)c3ccccc3C)[C@H]2SC1CC(C(=O)OCC)C(=O)c1ccccc1. The van der Waals surface area contributed by atoms with Gasteiger partial charge in [-0.05, 0) is 82.7 Å². The van der Waals surface area contributed by atoms with E-state index in [0.717, 1.165) is 22.3 Å². The number of Topliss-reactive ketones (excluding diaryl/α,β-unsaturated/α-hetero) is 1. The summed E-state index contributed by atoms with van der Waals surface area (Å²) in [4.78, 5) is 71.4. The molecular weight excluding hydrogens is 693 g/mol. The number of nitrogens with one attached hydrogen (secondary N) is 1. The fourth-order valence-corrected chi connectivity index (χ4v) is 8.39. The molecule has 280 valence electrons. The molecular formula is C42H48N2O8S. The molecule has 0 radical (unpaired) electrons. The number of carbonyl (C=O) groups is 5. The van der Waals surface area contributed by atoms with Gasteiger partial charge in [-0.15, -0.1) is 11.8 Å². The molecule has 53 heavy (non-hydrogen) atoms. The maximum Gasteiger partial charge on any atom is 0.355 e. The van der Waals surface area contributed by atoms with Gasteiger partial charge in [-0.2, -0.15) is 0 Å². The number of nitrogens with zero attached hydrogens (tertiary/aromatic N) is 1. The zero-order chi connectivity index (χ0) is 38.4. The smallest absolute Gasteiger partial charge is 0.355 e. The van der Waals surface area contributed by atoms with E-state index in [9.17, 15) is 24.0 Å². The number of thioether (sulfide) groups is 1. The third-order valence-electron chi connectivity index (χ3n) is 9.29. The minimum atomic E-state index is -1.21. The van der Waals surface area contributed by atoms with Crippen LogP contribution < -0.4 is 5.32 Å². The highest BCUT2D eigenvalue weighted by atomic mass is 32.2. The Morgan fingerprint density at radius 1 is 0.849 bits per heavy atom. The minimum Gasteiger partial charge on any atom is -0.465 e. The maximum absolute atomic E-state index is 14.4. The molecule has 10 nitrogen and oxygen atoms in total. The van der Waals surface area contributed by atoms with E-state index in [-0.39, 0.29) is 31.2 Å². The van der Waals surface area contributed by atoms with Crippen molar-refractivity contribution in [1.29, 1.82) is 0 Å². The van der Waals surface area contributed by atoms with E-state index in [2.05, 4.69) is 5.32 Å². The zero-order valence-corrected chi connectivity index (χ0v) is 32.2. The molecule has 3 aromatic carbocycles. The summed E-state index contributed by atoms with van der Waals surface area (Å²) in [5, 5.41) is 1.63. The van der Waals surface area contributed by atoms with Gasteiger partial charge in [0.2, 0.25) is 5.91 Å². The average molecular weight is 741 g/mol. The second-order valence-corrected chi connectivity index (χ2v) is 15.5. The van der Waals surface area contributed by atoms with E-state index in [1.807, 2.05) is 69.3 Å². The first-order chi connectivity index (χ1) is 25.3. The molecule has 0 aliphatic carbocycles. The van der Waals surface area contributed by atoms with Gasteiger partial charge in [0, 0.05) is 17.4 Å². The first-order valence-electron chi connectivity index (χ1n) is 18.0. The van der Waals surface area contributed by atoms with Crippen molar-refractivity contribution in [2.45, 2.75) is 83.1 Å². The number of benzene rings is 3. The predicted octanol–water partition coefficient (Wildman–Crippen LogP) is 6.29. The molecule has 0 bridgehead atoms. The van der Waals surface area contributed by atoms with Gasteiger partial charge in [-0.1, -0.05) is 78.9 Å². The number of hydrogen-bond acceptors (Lipinski definition) is 9. The number of ether oxygens (including phenoxy) is 3. The summed E-state index contributed by atoms with van der Waals surface area (Å²) in [6.45, 7) is 12.9. The van der Waals surface area contributed by atoms with Gasteiger partial charge >= 0.3 is 11.9 Å². The molecule has 1 saturated heterocycles. The highest BCUT2D eigenvalue weighted by Crippen LogP contribution is 2.47. The van der Waals surface area contributed by atoms with Crippen molar-refractivity contribution in [2.24, 2.45) is 5.92 Å². The number of carbonyl (C=O) groups excluding carboxylic acids is 5. The van der Waals surface area contributed by atoms with Crippen molar-refractivity contribution in [2.75, 3.05) is 19.8 Å². The van der Waals surface area contributed by atoms with Crippen molar-refractivity contribution in [3.8, 4) is 0 Å². The second-order valence-electron chi connectivity index (χ2n) is 14.1. The predicted molar refractivity (Wildman–Crippen MR) is 203 cm³/mol.